The summed E-state index contributed by atoms with van der Waals surface area (Å²) in [5.41, 5.74) is 5.44. The predicted octanol–water partition coefficient (Wildman–Crippen LogP) is 4.19. The van der Waals surface area contributed by atoms with Crippen LogP contribution in [0.25, 0.3) is 22.2 Å². The lowest BCUT2D eigenvalue weighted by atomic mass is 10.1. The van der Waals surface area contributed by atoms with Crippen molar-refractivity contribution in [2.24, 2.45) is 0 Å². The van der Waals surface area contributed by atoms with Gasteiger partial charge < -0.3 is 14.6 Å². The van der Waals surface area contributed by atoms with Gasteiger partial charge in [0.25, 0.3) is 0 Å². The number of aromatic nitrogens is 4. The van der Waals surface area contributed by atoms with E-state index >= 15 is 0 Å². The molecule has 1 aliphatic carbocycles. The number of rotatable bonds is 4. The lowest BCUT2D eigenvalue weighted by Gasteiger charge is -2.26. The van der Waals surface area contributed by atoms with Gasteiger partial charge in [0.1, 0.15) is 12.4 Å². The zero-order chi connectivity index (χ0) is 19.2. The van der Waals surface area contributed by atoms with Gasteiger partial charge in [0.15, 0.2) is 0 Å². The zero-order valence-electron chi connectivity index (χ0n) is 16.0. The van der Waals surface area contributed by atoms with Crippen molar-refractivity contribution >= 4 is 17.0 Å². The second-order valence-electron chi connectivity index (χ2n) is 7.76. The van der Waals surface area contributed by atoms with Gasteiger partial charge in [-0.3, -0.25) is 0 Å². The van der Waals surface area contributed by atoms with E-state index in [4.69, 9.17) is 9.72 Å². The summed E-state index contributed by atoms with van der Waals surface area (Å²) in [6.45, 7) is 1.19. The SMILES string of the molecule is c1ccc(C2COCc3nc4ccc(-c5cnc(NC6CC6)nc5)cc4n32)cc1. The Morgan fingerprint density at radius 2 is 1.79 bits per heavy atom. The molecule has 1 saturated carbocycles. The van der Waals surface area contributed by atoms with Crippen molar-refractivity contribution in [3.8, 4) is 11.1 Å². The first-order chi connectivity index (χ1) is 14.3. The van der Waals surface area contributed by atoms with E-state index < -0.39 is 0 Å². The molecule has 0 bridgehead atoms. The number of hydrogen-bond acceptors (Lipinski definition) is 5. The highest BCUT2D eigenvalue weighted by Crippen LogP contribution is 2.32. The first kappa shape index (κ1) is 16.7. The third-order valence-corrected chi connectivity index (χ3v) is 5.66. The van der Waals surface area contributed by atoms with E-state index in [2.05, 4.69) is 62.3 Å². The van der Waals surface area contributed by atoms with Gasteiger partial charge in [-0.05, 0) is 36.1 Å². The van der Waals surface area contributed by atoms with E-state index in [-0.39, 0.29) is 6.04 Å². The smallest absolute Gasteiger partial charge is 0.222 e. The highest BCUT2D eigenvalue weighted by atomic mass is 16.5. The summed E-state index contributed by atoms with van der Waals surface area (Å²) in [5, 5.41) is 3.33. The summed E-state index contributed by atoms with van der Waals surface area (Å²) in [6, 6.07) is 17.5. The van der Waals surface area contributed by atoms with Crippen LogP contribution in [0.3, 0.4) is 0 Å². The summed E-state index contributed by atoms with van der Waals surface area (Å²) >= 11 is 0. The highest BCUT2D eigenvalue weighted by Gasteiger charge is 2.25. The first-order valence-electron chi connectivity index (χ1n) is 10.1. The van der Waals surface area contributed by atoms with E-state index in [0.717, 1.165) is 28.0 Å². The fourth-order valence-corrected chi connectivity index (χ4v) is 3.99. The number of ether oxygens (including phenoxy) is 1. The van der Waals surface area contributed by atoms with Crippen molar-refractivity contribution in [1.82, 2.24) is 19.5 Å². The van der Waals surface area contributed by atoms with Crippen molar-refractivity contribution in [1.29, 1.82) is 0 Å². The molecule has 2 aromatic carbocycles. The molecule has 1 aliphatic heterocycles. The maximum absolute atomic E-state index is 5.85. The number of nitrogens with zero attached hydrogens (tertiary/aromatic N) is 4. The molecule has 29 heavy (non-hydrogen) atoms. The van der Waals surface area contributed by atoms with E-state index in [1.54, 1.807) is 0 Å². The van der Waals surface area contributed by atoms with E-state index in [0.29, 0.717) is 25.2 Å². The van der Waals surface area contributed by atoms with Gasteiger partial charge in [-0.25, -0.2) is 15.0 Å². The van der Waals surface area contributed by atoms with Gasteiger partial charge in [0.2, 0.25) is 5.95 Å². The molecular formula is C23H21N5O. The normalized spacial score (nSPS) is 18.6. The second kappa shape index (κ2) is 6.67. The number of benzene rings is 2. The molecule has 0 saturated heterocycles. The van der Waals surface area contributed by atoms with Crippen LogP contribution in [-0.2, 0) is 11.3 Å². The van der Waals surface area contributed by atoms with Crippen LogP contribution in [0.2, 0.25) is 0 Å². The number of anilines is 1. The Morgan fingerprint density at radius 1 is 0.966 bits per heavy atom. The van der Waals surface area contributed by atoms with E-state index in [9.17, 15) is 0 Å². The Bertz CT molecular complexity index is 1170. The van der Waals surface area contributed by atoms with Gasteiger partial charge in [-0.2, -0.15) is 0 Å². The average Bonchev–Trinajstić information content (AvgIpc) is 3.51. The molecule has 6 nitrogen and oxygen atoms in total. The molecular weight excluding hydrogens is 362 g/mol. The minimum Gasteiger partial charge on any atom is -0.371 e. The van der Waals surface area contributed by atoms with Crippen molar-refractivity contribution in [3.63, 3.8) is 0 Å². The highest BCUT2D eigenvalue weighted by molar-refractivity contribution is 5.83. The molecule has 2 aliphatic rings. The molecule has 1 fully saturated rings. The second-order valence-corrected chi connectivity index (χ2v) is 7.76. The number of imidazole rings is 1. The zero-order valence-corrected chi connectivity index (χ0v) is 16.0. The van der Waals surface area contributed by atoms with Gasteiger partial charge in [0, 0.05) is 24.0 Å². The molecule has 6 heteroatoms. The van der Waals surface area contributed by atoms with Crippen molar-refractivity contribution in [3.05, 3.63) is 72.3 Å². The molecule has 144 valence electrons. The van der Waals surface area contributed by atoms with Crippen LogP contribution < -0.4 is 5.32 Å². The van der Waals surface area contributed by atoms with Crippen molar-refractivity contribution in [2.75, 3.05) is 11.9 Å². The molecule has 1 unspecified atom stereocenters. The molecule has 1 atom stereocenters. The Morgan fingerprint density at radius 3 is 2.59 bits per heavy atom. The molecule has 4 aromatic rings. The van der Waals surface area contributed by atoms with Gasteiger partial charge in [0.05, 0.1) is 23.7 Å². The average molecular weight is 383 g/mol. The summed E-state index contributed by atoms with van der Waals surface area (Å²) in [7, 11) is 0. The summed E-state index contributed by atoms with van der Waals surface area (Å²) in [5.74, 6) is 1.68. The van der Waals surface area contributed by atoms with Crippen LogP contribution in [-0.4, -0.2) is 32.2 Å². The maximum Gasteiger partial charge on any atom is 0.222 e. The largest absolute Gasteiger partial charge is 0.371 e. The fraction of sp³-hybridized carbons (Fsp3) is 0.261. The Hall–Kier alpha value is -3.25. The molecule has 1 N–H and O–H groups in total. The lowest BCUT2D eigenvalue weighted by molar-refractivity contribution is 0.0679. The Labute approximate surface area is 168 Å². The third kappa shape index (κ3) is 3.06. The first-order valence-corrected chi connectivity index (χ1v) is 10.1. The van der Waals surface area contributed by atoms with Crippen LogP contribution in [0.5, 0.6) is 0 Å². The molecule has 2 aromatic heterocycles. The summed E-state index contributed by atoms with van der Waals surface area (Å²) in [4.78, 5) is 13.8. The lowest BCUT2D eigenvalue weighted by Crippen LogP contribution is -2.24. The molecule has 6 rings (SSSR count). The van der Waals surface area contributed by atoms with Crippen LogP contribution in [0.1, 0.15) is 30.3 Å². The van der Waals surface area contributed by atoms with Crippen LogP contribution in [0, 0.1) is 0 Å². The van der Waals surface area contributed by atoms with Crippen LogP contribution in [0.4, 0.5) is 5.95 Å². The monoisotopic (exact) mass is 383 g/mol. The number of hydrogen-bond donors (Lipinski definition) is 1. The Kier molecular flexibility index (Phi) is 3.84. The topological polar surface area (TPSA) is 64.9 Å². The Balaban J connectivity index is 1.41. The molecule has 0 radical (unpaired) electrons. The maximum atomic E-state index is 5.85. The predicted molar refractivity (Wildman–Crippen MR) is 112 cm³/mol. The number of fused-ring (bicyclic) bond motifs is 3. The van der Waals surface area contributed by atoms with Crippen molar-refractivity contribution < 1.29 is 4.74 Å². The van der Waals surface area contributed by atoms with E-state index in [1.807, 2.05) is 18.5 Å². The molecule has 0 amide bonds. The summed E-state index contributed by atoms with van der Waals surface area (Å²) < 4.78 is 8.17. The quantitative estimate of drug-likeness (QED) is 0.572. The van der Waals surface area contributed by atoms with Crippen LogP contribution >= 0.6 is 0 Å². The minimum atomic E-state index is 0.126. The van der Waals surface area contributed by atoms with Gasteiger partial charge >= 0.3 is 0 Å². The fourth-order valence-electron chi connectivity index (χ4n) is 3.99. The molecule has 3 heterocycles. The van der Waals surface area contributed by atoms with Crippen molar-refractivity contribution in [2.45, 2.75) is 31.5 Å². The molecule has 0 spiro atoms. The minimum absolute atomic E-state index is 0.126. The third-order valence-electron chi connectivity index (χ3n) is 5.66. The summed E-state index contributed by atoms with van der Waals surface area (Å²) in [6.07, 6.45) is 6.20. The standard InChI is InChI=1S/C23H21N5O/c1-2-4-15(5-3-1)21-13-29-14-22-27-19-9-6-16(10-20(19)28(21)22)17-11-24-23(25-12-17)26-18-7-8-18/h1-6,9-12,18,21H,7-8,13-14H2,(H,24,25,26). The van der Waals surface area contributed by atoms with Gasteiger partial charge in [-0.15, -0.1) is 0 Å². The number of nitrogens with one attached hydrogen (secondary N) is 1. The van der Waals surface area contributed by atoms with Crippen LogP contribution in [0.15, 0.2) is 60.9 Å². The van der Waals surface area contributed by atoms with Gasteiger partial charge in [-0.1, -0.05) is 36.4 Å². The van der Waals surface area contributed by atoms with E-state index in [1.165, 1.54) is 18.4 Å².